The number of hydrogen-bond donors (Lipinski definition) is 0. The van der Waals surface area contributed by atoms with Gasteiger partial charge in [-0.3, -0.25) is 9.97 Å². The third-order valence-electron chi connectivity index (χ3n) is 5.81. The molecule has 2 heteroatoms. The van der Waals surface area contributed by atoms with Crippen LogP contribution in [-0.2, 0) is 0 Å². The van der Waals surface area contributed by atoms with Gasteiger partial charge in [-0.1, -0.05) is 84.9 Å². The molecule has 0 unspecified atom stereocenters. The van der Waals surface area contributed by atoms with Gasteiger partial charge in [0.1, 0.15) is 0 Å². The summed E-state index contributed by atoms with van der Waals surface area (Å²) in [4.78, 5) is 9.68. The normalized spacial score (nSPS) is 10.8. The summed E-state index contributed by atoms with van der Waals surface area (Å²) in [6.07, 6.45) is 1.83. The van der Waals surface area contributed by atoms with Crippen molar-refractivity contribution < 1.29 is 0 Å². The Kier molecular flexibility index (Phi) is 5.35. The zero-order chi connectivity index (χ0) is 21.9. The number of aryl methyl sites for hydroxylation is 2. The van der Waals surface area contributed by atoms with Gasteiger partial charge in [0.05, 0.1) is 11.4 Å². The quantitative estimate of drug-likeness (QED) is 0.301. The summed E-state index contributed by atoms with van der Waals surface area (Å²) in [5.74, 6) is 0. The van der Waals surface area contributed by atoms with Crippen molar-refractivity contribution in [3.63, 3.8) is 0 Å². The molecule has 2 aromatic heterocycles. The Hall–Kier alpha value is -4.04. The summed E-state index contributed by atoms with van der Waals surface area (Å²) < 4.78 is 0. The predicted molar refractivity (Wildman–Crippen MR) is 133 cm³/mol. The molecule has 3 aromatic carbocycles. The van der Waals surface area contributed by atoms with Crippen molar-refractivity contribution in [2.24, 2.45) is 0 Å². The molecule has 0 spiro atoms. The first-order valence-electron chi connectivity index (χ1n) is 10.9. The molecular formula is C30H24N2. The molecule has 0 saturated carbocycles. The van der Waals surface area contributed by atoms with E-state index in [1.54, 1.807) is 0 Å². The van der Waals surface area contributed by atoms with Gasteiger partial charge >= 0.3 is 0 Å². The van der Waals surface area contributed by atoms with E-state index < -0.39 is 0 Å². The van der Waals surface area contributed by atoms with Crippen LogP contribution in [0.3, 0.4) is 0 Å². The molecular weight excluding hydrogens is 388 g/mol. The first-order valence-corrected chi connectivity index (χ1v) is 10.9. The van der Waals surface area contributed by atoms with Crippen LogP contribution in [0.25, 0.3) is 44.8 Å². The summed E-state index contributed by atoms with van der Waals surface area (Å²) >= 11 is 0. The molecule has 0 atom stereocenters. The van der Waals surface area contributed by atoms with Crippen molar-refractivity contribution in [1.29, 1.82) is 0 Å². The maximum atomic E-state index is 5.11. The molecule has 0 aliphatic carbocycles. The van der Waals surface area contributed by atoms with Gasteiger partial charge in [-0.2, -0.15) is 0 Å². The van der Waals surface area contributed by atoms with E-state index >= 15 is 0 Å². The molecule has 154 valence electrons. The third-order valence-corrected chi connectivity index (χ3v) is 5.81. The van der Waals surface area contributed by atoms with Gasteiger partial charge in [0.2, 0.25) is 0 Å². The standard InChI is InChI=1S/C30H24N2/c1-21-20-28(32-22(2)29(21)27-18-9-10-19-31-27)30-25(23-12-5-3-6-13-23)16-11-17-26(30)24-14-7-4-8-15-24/h3-20H,1-2H3. The number of pyridine rings is 2. The zero-order valence-corrected chi connectivity index (χ0v) is 18.3. The van der Waals surface area contributed by atoms with Crippen LogP contribution in [-0.4, -0.2) is 9.97 Å². The largest absolute Gasteiger partial charge is 0.256 e. The van der Waals surface area contributed by atoms with E-state index in [-0.39, 0.29) is 0 Å². The lowest BCUT2D eigenvalue weighted by Gasteiger charge is -2.18. The molecule has 0 bridgehead atoms. The van der Waals surface area contributed by atoms with Crippen LogP contribution in [0.15, 0.2) is 109 Å². The Balaban J connectivity index is 1.77. The smallest absolute Gasteiger partial charge is 0.0722 e. The molecule has 2 nitrogen and oxygen atoms in total. The van der Waals surface area contributed by atoms with E-state index in [0.29, 0.717) is 0 Å². The highest BCUT2D eigenvalue weighted by atomic mass is 14.7. The second-order valence-electron chi connectivity index (χ2n) is 7.96. The van der Waals surface area contributed by atoms with Crippen molar-refractivity contribution in [2.75, 3.05) is 0 Å². The molecule has 0 saturated heterocycles. The lowest BCUT2D eigenvalue weighted by atomic mass is 9.88. The van der Waals surface area contributed by atoms with Crippen LogP contribution in [0, 0.1) is 13.8 Å². The van der Waals surface area contributed by atoms with Crippen molar-refractivity contribution in [2.45, 2.75) is 13.8 Å². The number of rotatable bonds is 4. The zero-order valence-electron chi connectivity index (χ0n) is 18.3. The predicted octanol–water partition coefficient (Wildman–Crippen LogP) is 7.76. The van der Waals surface area contributed by atoms with Crippen LogP contribution in [0.4, 0.5) is 0 Å². The summed E-state index contributed by atoms with van der Waals surface area (Å²) in [6.45, 7) is 4.23. The molecule has 0 amide bonds. The van der Waals surface area contributed by atoms with Crippen molar-refractivity contribution in [3.05, 3.63) is 121 Å². The summed E-state index contributed by atoms with van der Waals surface area (Å²) in [5, 5.41) is 0. The second-order valence-corrected chi connectivity index (χ2v) is 7.96. The molecule has 0 aliphatic rings. The van der Waals surface area contributed by atoms with Crippen LogP contribution >= 0.6 is 0 Å². The third kappa shape index (κ3) is 3.72. The number of hydrogen-bond acceptors (Lipinski definition) is 2. The van der Waals surface area contributed by atoms with Gasteiger partial charge < -0.3 is 0 Å². The van der Waals surface area contributed by atoms with Crippen LogP contribution in [0.5, 0.6) is 0 Å². The first kappa shape index (κ1) is 19.9. The molecule has 0 N–H and O–H groups in total. The SMILES string of the molecule is Cc1cc(-c2c(-c3ccccc3)cccc2-c2ccccc2)nc(C)c1-c1ccccn1. The Morgan fingerprint density at radius 2 is 1.12 bits per heavy atom. The summed E-state index contributed by atoms with van der Waals surface area (Å²) in [5.41, 5.74) is 11.1. The van der Waals surface area contributed by atoms with E-state index in [1.807, 2.05) is 24.4 Å². The minimum absolute atomic E-state index is 0.959. The summed E-state index contributed by atoms with van der Waals surface area (Å²) in [6, 6.07) is 35.8. The fourth-order valence-electron chi connectivity index (χ4n) is 4.40. The highest BCUT2D eigenvalue weighted by molar-refractivity contribution is 5.94. The molecule has 5 rings (SSSR count). The average molecular weight is 413 g/mol. The number of nitrogens with zero attached hydrogens (tertiary/aromatic N) is 2. The maximum Gasteiger partial charge on any atom is 0.0722 e. The van der Waals surface area contributed by atoms with E-state index in [0.717, 1.165) is 28.2 Å². The minimum atomic E-state index is 0.959. The minimum Gasteiger partial charge on any atom is -0.256 e. The number of benzene rings is 3. The Labute approximate surface area is 189 Å². The number of aromatic nitrogens is 2. The Bertz CT molecular complexity index is 1280. The monoisotopic (exact) mass is 412 g/mol. The highest BCUT2D eigenvalue weighted by Gasteiger charge is 2.18. The molecule has 5 aromatic rings. The average Bonchev–Trinajstić information content (AvgIpc) is 2.85. The van der Waals surface area contributed by atoms with E-state index in [2.05, 4.69) is 104 Å². The van der Waals surface area contributed by atoms with Crippen LogP contribution in [0.1, 0.15) is 11.3 Å². The van der Waals surface area contributed by atoms with Crippen molar-refractivity contribution >= 4 is 0 Å². The van der Waals surface area contributed by atoms with Crippen LogP contribution in [0.2, 0.25) is 0 Å². The first-order chi connectivity index (χ1) is 15.7. The lowest BCUT2D eigenvalue weighted by molar-refractivity contribution is 1.17. The molecule has 32 heavy (non-hydrogen) atoms. The van der Waals surface area contributed by atoms with Gasteiger partial charge in [0, 0.05) is 23.0 Å². The van der Waals surface area contributed by atoms with Gasteiger partial charge in [-0.15, -0.1) is 0 Å². The van der Waals surface area contributed by atoms with Gasteiger partial charge in [0.15, 0.2) is 0 Å². The van der Waals surface area contributed by atoms with Crippen molar-refractivity contribution in [3.8, 4) is 44.8 Å². The molecule has 2 heterocycles. The maximum absolute atomic E-state index is 5.11. The van der Waals surface area contributed by atoms with Gasteiger partial charge in [0.25, 0.3) is 0 Å². The highest BCUT2D eigenvalue weighted by Crippen LogP contribution is 2.40. The van der Waals surface area contributed by atoms with Gasteiger partial charge in [-0.25, -0.2) is 0 Å². The fraction of sp³-hybridized carbons (Fsp3) is 0.0667. The molecule has 0 fully saturated rings. The topological polar surface area (TPSA) is 25.8 Å². The van der Waals surface area contributed by atoms with E-state index in [9.17, 15) is 0 Å². The molecule has 0 radical (unpaired) electrons. The van der Waals surface area contributed by atoms with E-state index in [1.165, 1.54) is 27.8 Å². The van der Waals surface area contributed by atoms with Crippen LogP contribution < -0.4 is 0 Å². The second kappa shape index (κ2) is 8.60. The lowest BCUT2D eigenvalue weighted by Crippen LogP contribution is -1.99. The fourth-order valence-corrected chi connectivity index (χ4v) is 4.40. The Morgan fingerprint density at radius 1 is 0.531 bits per heavy atom. The van der Waals surface area contributed by atoms with Crippen molar-refractivity contribution in [1.82, 2.24) is 9.97 Å². The summed E-state index contributed by atoms with van der Waals surface area (Å²) in [7, 11) is 0. The molecule has 0 aliphatic heterocycles. The van der Waals surface area contributed by atoms with Gasteiger partial charge in [-0.05, 0) is 59.9 Å². The van der Waals surface area contributed by atoms with E-state index in [4.69, 9.17) is 4.98 Å². The Morgan fingerprint density at radius 3 is 1.66 bits per heavy atom.